The van der Waals surface area contributed by atoms with Gasteiger partial charge >= 0.3 is 11.9 Å². The lowest BCUT2D eigenvalue weighted by molar-refractivity contribution is -0.173. The van der Waals surface area contributed by atoms with Crippen LogP contribution >= 0.6 is 23.2 Å². The van der Waals surface area contributed by atoms with Crippen LogP contribution in [-0.2, 0) is 36.9 Å². The minimum Gasteiger partial charge on any atom is -0.489 e. The van der Waals surface area contributed by atoms with Crippen LogP contribution < -0.4 is 4.74 Å². The predicted molar refractivity (Wildman–Crippen MR) is 117 cm³/mol. The van der Waals surface area contributed by atoms with Crippen molar-refractivity contribution in [3.8, 4) is 5.75 Å². The maximum Gasteiger partial charge on any atom is 0.324 e. The Morgan fingerprint density at radius 2 is 1.52 bits per heavy atom. The second-order valence-electron chi connectivity index (χ2n) is 6.71. The molecule has 0 atom stereocenters. The zero-order valence-electron chi connectivity index (χ0n) is 17.4. The molecule has 0 aliphatic rings. The summed E-state index contributed by atoms with van der Waals surface area (Å²) in [6.45, 7) is 3.59. The molecule has 2 rings (SSSR count). The molecule has 2 aromatic rings. The highest BCUT2D eigenvalue weighted by atomic mass is 35.5. The Morgan fingerprint density at radius 1 is 0.968 bits per heavy atom. The maximum atomic E-state index is 12.7. The lowest BCUT2D eigenvalue weighted by atomic mass is 9.78. The fraction of sp³-hybridized carbons (Fsp3) is 0.348. The molecule has 0 saturated heterocycles. The van der Waals surface area contributed by atoms with Gasteiger partial charge in [-0.2, -0.15) is 0 Å². The smallest absolute Gasteiger partial charge is 0.324 e. The third-order valence-electron chi connectivity index (χ3n) is 4.61. The van der Waals surface area contributed by atoms with Gasteiger partial charge in [-0.3, -0.25) is 9.59 Å². The maximum absolute atomic E-state index is 12.7. The van der Waals surface area contributed by atoms with Crippen molar-refractivity contribution in [3.63, 3.8) is 0 Å². The van der Waals surface area contributed by atoms with Crippen LogP contribution in [0.1, 0.15) is 31.4 Å². The zero-order chi connectivity index (χ0) is 22.9. The van der Waals surface area contributed by atoms with Gasteiger partial charge in [0.1, 0.15) is 18.6 Å². The molecule has 0 radical (unpaired) electrons. The molecule has 2 aromatic carbocycles. The van der Waals surface area contributed by atoms with Crippen LogP contribution in [0.15, 0.2) is 42.5 Å². The molecule has 0 aromatic heterocycles. The first-order chi connectivity index (χ1) is 14.9. The number of benzene rings is 2. The van der Waals surface area contributed by atoms with Gasteiger partial charge in [0.15, 0.2) is 5.41 Å². The molecule has 0 amide bonds. The highest BCUT2D eigenvalue weighted by Gasteiger charge is 2.49. The minimum atomic E-state index is -1.88. The summed E-state index contributed by atoms with van der Waals surface area (Å²) >= 11 is 12.9. The molecule has 0 spiro atoms. The number of hydrogen-bond donors (Lipinski definition) is 0. The zero-order valence-corrected chi connectivity index (χ0v) is 18.9. The van der Waals surface area contributed by atoms with E-state index in [9.17, 15) is 14.4 Å². The number of hydrogen-bond acceptors (Lipinski definition) is 6. The molecule has 166 valence electrons. The molecule has 0 fully saturated rings. The monoisotopic (exact) mass is 466 g/mol. The summed E-state index contributed by atoms with van der Waals surface area (Å²) in [5.41, 5.74) is -0.597. The summed E-state index contributed by atoms with van der Waals surface area (Å²) < 4.78 is 15.9. The number of halogens is 2. The SMILES string of the molecule is CCOC(=O)C(CC=O)(Cc1c(Cl)cc(OCc2ccccc2)cc1Cl)C(=O)OCC. The molecule has 0 N–H and O–H groups in total. The summed E-state index contributed by atoms with van der Waals surface area (Å²) in [6, 6.07) is 12.7. The van der Waals surface area contributed by atoms with E-state index < -0.39 is 23.8 Å². The standard InChI is InChI=1S/C23H24Cl2O6/c1-3-29-21(27)23(10-11-26,22(28)30-4-2)14-18-19(24)12-17(13-20(18)25)31-15-16-8-6-5-7-9-16/h5-9,11-13H,3-4,10,14-15H2,1-2H3. The minimum absolute atomic E-state index is 0.0343. The molecule has 31 heavy (non-hydrogen) atoms. The molecule has 8 heteroatoms. The van der Waals surface area contributed by atoms with Gasteiger partial charge < -0.3 is 19.0 Å². The summed E-state index contributed by atoms with van der Waals surface area (Å²) in [5, 5.41) is 0.388. The molecular weight excluding hydrogens is 443 g/mol. The number of carbonyl (C=O) groups excluding carboxylic acids is 3. The van der Waals surface area contributed by atoms with Crippen molar-refractivity contribution in [1.29, 1.82) is 0 Å². The second-order valence-corrected chi connectivity index (χ2v) is 7.52. The van der Waals surface area contributed by atoms with Gasteiger partial charge in [-0.25, -0.2) is 0 Å². The van der Waals surface area contributed by atoms with Gasteiger partial charge in [0.2, 0.25) is 0 Å². The fourth-order valence-electron chi connectivity index (χ4n) is 3.02. The first kappa shape index (κ1) is 24.7. The van der Waals surface area contributed by atoms with Crippen LogP contribution in [0, 0.1) is 5.41 Å². The van der Waals surface area contributed by atoms with Crippen LogP contribution in [0.2, 0.25) is 10.0 Å². The molecule has 0 aliphatic heterocycles. The molecule has 0 bridgehead atoms. The van der Waals surface area contributed by atoms with Gasteiger partial charge in [-0.05, 0) is 37.1 Å². The summed E-state index contributed by atoms with van der Waals surface area (Å²) in [5.74, 6) is -1.30. The summed E-state index contributed by atoms with van der Waals surface area (Å²) in [6.07, 6.45) is -0.198. The Kier molecular flexibility index (Phi) is 9.34. The van der Waals surface area contributed by atoms with Gasteiger partial charge in [0, 0.05) is 22.9 Å². The van der Waals surface area contributed by atoms with Gasteiger partial charge in [-0.15, -0.1) is 0 Å². The predicted octanol–water partition coefficient (Wildman–Crippen LogP) is 4.82. The number of carbonyl (C=O) groups is 3. The van der Waals surface area contributed by atoms with Gasteiger partial charge in [0.05, 0.1) is 13.2 Å². The van der Waals surface area contributed by atoms with E-state index in [1.54, 1.807) is 26.0 Å². The van der Waals surface area contributed by atoms with E-state index in [4.69, 9.17) is 37.4 Å². The molecule has 0 heterocycles. The lowest BCUT2D eigenvalue weighted by Crippen LogP contribution is -2.44. The van der Waals surface area contributed by atoms with Crippen molar-refractivity contribution in [2.75, 3.05) is 13.2 Å². The van der Waals surface area contributed by atoms with Crippen molar-refractivity contribution in [2.45, 2.75) is 33.3 Å². The van der Waals surface area contributed by atoms with E-state index in [1.165, 1.54) is 0 Å². The average molecular weight is 467 g/mol. The normalized spacial score (nSPS) is 11.0. The molecule has 0 aliphatic carbocycles. The van der Waals surface area contributed by atoms with E-state index in [2.05, 4.69) is 0 Å². The largest absolute Gasteiger partial charge is 0.489 e. The van der Waals surface area contributed by atoms with Crippen molar-refractivity contribution in [2.24, 2.45) is 5.41 Å². The second kappa shape index (κ2) is 11.7. The fourth-order valence-corrected chi connectivity index (χ4v) is 3.62. The molecule has 0 unspecified atom stereocenters. The van der Waals surface area contributed by atoms with Crippen LogP contribution in [0.25, 0.3) is 0 Å². The highest BCUT2D eigenvalue weighted by Crippen LogP contribution is 2.38. The Labute approximate surface area is 191 Å². The first-order valence-electron chi connectivity index (χ1n) is 9.80. The average Bonchev–Trinajstić information content (AvgIpc) is 2.75. The molecule has 0 saturated carbocycles. The van der Waals surface area contributed by atoms with E-state index in [-0.39, 0.29) is 29.7 Å². The van der Waals surface area contributed by atoms with Crippen molar-refractivity contribution < 1.29 is 28.6 Å². The van der Waals surface area contributed by atoms with E-state index in [1.807, 2.05) is 30.3 Å². The Balaban J connectivity index is 2.35. The number of ether oxygens (including phenoxy) is 3. The lowest BCUT2D eigenvalue weighted by Gasteiger charge is -2.28. The topological polar surface area (TPSA) is 78.9 Å². The van der Waals surface area contributed by atoms with Crippen molar-refractivity contribution in [1.82, 2.24) is 0 Å². The third kappa shape index (κ3) is 6.21. The third-order valence-corrected chi connectivity index (χ3v) is 5.28. The number of rotatable bonds is 11. The van der Waals surface area contributed by atoms with E-state index in [0.717, 1.165) is 5.56 Å². The van der Waals surface area contributed by atoms with Crippen LogP contribution in [0.3, 0.4) is 0 Å². The molecular formula is C23H24Cl2O6. The Hall–Kier alpha value is -2.57. The van der Waals surface area contributed by atoms with Crippen LogP contribution in [-0.4, -0.2) is 31.4 Å². The van der Waals surface area contributed by atoms with E-state index >= 15 is 0 Å². The van der Waals surface area contributed by atoms with Crippen molar-refractivity contribution >= 4 is 41.4 Å². The summed E-state index contributed by atoms with van der Waals surface area (Å²) in [4.78, 5) is 36.8. The van der Waals surface area contributed by atoms with Crippen molar-refractivity contribution in [3.05, 3.63) is 63.6 Å². The van der Waals surface area contributed by atoms with Crippen LogP contribution in [0.4, 0.5) is 0 Å². The quantitative estimate of drug-likeness (QED) is 0.268. The van der Waals surface area contributed by atoms with Gasteiger partial charge in [0.25, 0.3) is 0 Å². The molecule has 6 nitrogen and oxygen atoms in total. The van der Waals surface area contributed by atoms with Gasteiger partial charge in [-0.1, -0.05) is 53.5 Å². The Morgan fingerprint density at radius 3 is 2.00 bits per heavy atom. The number of esters is 2. The van der Waals surface area contributed by atoms with Crippen LogP contribution in [0.5, 0.6) is 5.75 Å². The Bertz CT molecular complexity index is 873. The number of aldehydes is 1. The highest BCUT2D eigenvalue weighted by molar-refractivity contribution is 6.36. The summed E-state index contributed by atoms with van der Waals surface area (Å²) in [7, 11) is 0. The first-order valence-corrected chi connectivity index (χ1v) is 10.6. The van der Waals surface area contributed by atoms with E-state index in [0.29, 0.717) is 24.2 Å².